The zero-order valence-corrected chi connectivity index (χ0v) is 12.3. The van der Waals surface area contributed by atoms with Crippen LogP contribution in [0.15, 0.2) is 6.07 Å². The highest BCUT2D eigenvalue weighted by atomic mass is 16.5. The third-order valence-electron chi connectivity index (χ3n) is 2.64. The number of unbranched alkanes of at least 4 members (excludes halogenated alkanes) is 1. The van der Waals surface area contributed by atoms with Crippen LogP contribution in [0.1, 0.15) is 39.3 Å². The van der Waals surface area contributed by atoms with Crippen molar-refractivity contribution < 1.29 is 4.74 Å². The molecule has 1 rings (SSSR count). The Labute approximate surface area is 116 Å². The van der Waals surface area contributed by atoms with E-state index in [1.165, 1.54) is 0 Å². The lowest BCUT2D eigenvalue weighted by Gasteiger charge is -2.09. The van der Waals surface area contributed by atoms with Crippen LogP contribution in [0.4, 0.5) is 11.8 Å². The van der Waals surface area contributed by atoms with Crippen LogP contribution >= 0.6 is 0 Å². The van der Waals surface area contributed by atoms with Crippen molar-refractivity contribution in [3.8, 4) is 0 Å². The number of ether oxygens (including phenoxy) is 1. The van der Waals surface area contributed by atoms with E-state index in [0.717, 1.165) is 50.5 Å². The fraction of sp³-hybridized carbons (Fsp3) is 0.714. The number of hydrogen-bond acceptors (Lipinski definition) is 5. The molecular formula is C14H26N4O. The van der Waals surface area contributed by atoms with Gasteiger partial charge in [0.15, 0.2) is 0 Å². The Morgan fingerprint density at radius 2 is 2.11 bits per heavy atom. The summed E-state index contributed by atoms with van der Waals surface area (Å²) in [6.45, 7) is 8.83. The van der Waals surface area contributed by atoms with Gasteiger partial charge in [-0.3, -0.25) is 0 Å². The van der Waals surface area contributed by atoms with Crippen LogP contribution < -0.4 is 11.1 Å². The highest BCUT2D eigenvalue weighted by Crippen LogP contribution is 2.12. The third kappa shape index (κ3) is 6.96. The molecule has 0 aliphatic heterocycles. The first-order valence-corrected chi connectivity index (χ1v) is 7.06. The van der Waals surface area contributed by atoms with Crippen LogP contribution in [0, 0.1) is 5.92 Å². The van der Waals surface area contributed by atoms with E-state index in [2.05, 4.69) is 29.1 Å². The lowest BCUT2D eigenvalue weighted by molar-refractivity contribution is 0.144. The predicted octanol–water partition coefficient (Wildman–Crippen LogP) is 2.49. The van der Waals surface area contributed by atoms with Gasteiger partial charge in [0.05, 0.1) is 0 Å². The molecular weight excluding hydrogens is 240 g/mol. The van der Waals surface area contributed by atoms with E-state index in [1.54, 1.807) is 0 Å². The Hall–Kier alpha value is -1.36. The SMILES string of the molecule is CCOCCCCNc1cc(CC(C)C)nc(N)n1. The second-order valence-corrected chi connectivity index (χ2v) is 5.03. The van der Waals surface area contributed by atoms with Crippen LogP contribution in [0.2, 0.25) is 0 Å². The Bertz CT molecular complexity index is 368. The van der Waals surface area contributed by atoms with Crippen LogP contribution in [0.3, 0.4) is 0 Å². The van der Waals surface area contributed by atoms with Gasteiger partial charge in [0.2, 0.25) is 5.95 Å². The van der Waals surface area contributed by atoms with Crippen molar-refractivity contribution in [3.05, 3.63) is 11.8 Å². The normalized spacial score (nSPS) is 10.9. The number of anilines is 2. The maximum atomic E-state index is 5.72. The molecule has 0 amide bonds. The highest BCUT2D eigenvalue weighted by Gasteiger charge is 2.04. The summed E-state index contributed by atoms with van der Waals surface area (Å²) < 4.78 is 5.29. The zero-order valence-electron chi connectivity index (χ0n) is 12.3. The molecule has 0 atom stereocenters. The van der Waals surface area contributed by atoms with Crippen LogP contribution in [-0.2, 0) is 11.2 Å². The van der Waals surface area contributed by atoms with Crippen LogP contribution in [0.25, 0.3) is 0 Å². The molecule has 0 aromatic carbocycles. The topological polar surface area (TPSA) is 73.1 Å². The van der Waals surface area contributed by atoms with E-state index in [0.29, 0.717) is 11.9 Å². The number of nitrogens with one attached hydrogen (secondary N) is 1. The van der Waals surface area contributed by atoms with Crippen LogP contribution in [0.5, 0.6) is 0 Å². The minimum atomic E-state index is 0.343. The monoisotopic (exact) mass is 266 g/mol. The van der Waals surface area contributed by atoms with E-state index in [9.17, 15) is 0 Å². The average molecular weight is 266 g/mol. The van der Waals surface area contributed by atoms with Crippen molar-refractivity contribution in [2.24, 2.45) is 5.92 Å². The lowest BCUT2D eigenvalue weighted by Crippen LogP contribution is -2.09. The number of nitrogens with zero attached hydrogens (tertiary/aromatic N) is 2. The minimum absolute atomic E-state index is 0.343. The van der Waals surface area contributed by atoms with Gasteiger partial charge in [-0.05, 0) is 32.1 Å². The Morgan fingerprint density at radius 1 is 1.32 bits per heavy atom. The molecule has 0 fully saturated rings. The van der Waals surface area contributed by atoms with Gasteiger partial charge in [0.25, 0.3) is 0 Å². The Kier molecular flexibility index (Phi) is 7.18. The van der Waals surface area contributed by atoms with Crippen molar-refractivity contribution in [1.82, 2.24) is 9.97 Å². The summed E-state index contributed by atoms with van der Waals surface area (Å²) in [5, 5.41) is 3.29. The molecule has 0 spiro atoms. The first-order chi connectivity index (χ1) is 9.11. The average Bonchev–Trinajstić information content (AvgIpc) is 2.32. The number of aromatic nitrogens is 2. The molecule has 1 aromatic heterocycles. The van der Waals surface area contributed by atoms with Gasteiger partial charge >= 0.3 is 0 Å². The number of nitrogen functional groups attached to an aromatic ring is 1. The summed E-state index contributed by atoms with van der Waals surface area (Å²) in [5.74, 6) is 1.72. The van der Waals surface area contributed by atoms with E-state index in [4.69, 9.17) is 10.5 Å². The molecule has 0 saturated carbocycles. The highest BCUT2D eigenvalue weighted by molar-refractivity contribution is 5.40. The van der Waals surface area contributed by atoms with Gasteiger partial charge in [-0.2, -0.15) is 4.98 Å². The fourth-order valence-corrected chi connectivity index (χ4v) is 1.82. The number of hydrogen-bond donors (Lipinski definition) is 2. The van der Waals surface area contributed by atoms with E-state index < -0.39 is 0 Å². The quantitative estimate of drug-likeness (QED) is 0.672. The molecule has 0 aliphatic carbocycles. The van der Waals surface area contributed by atoms with E-state index >= 15 is 0 Å². The van der Waals surface area contributed by atoms with Gasteiger partial charge in [-0.1, -0.05) is 13.8 Å². The predicted molar refractivity (Wildman–Crippen MR) is 79.2 cm³/mol. The molecule has 0 radical (unpaired) electrons. The second-order valence-electron chi connectivity index (χ2n) is 5.03. The van der Waals surface area contributed by atoms with Gasteiger partial charge in [0, 0.05) is 31.5 Å². The van der Waals surface area contributed by atoms with Crippen molar-refractivity contribution in [1.29, 1.82) is 0 Å². The smallest absolute Gasteiger partial charge is 0.222 e. The number of rotatable bonds is 9. The standard InChI is InChI=1S/C14H26N4O/c1-4-19-8-6-5-7-16-13-10-12(9-11(2)3)17-14(15)18-13/h10-11H,4-9H2,1-3H3,(H3,15,16,17,18). The third-order valence-corrected chi connectivity index (χ3v) is 2.64. The molecule has 0 bridgehead atoms. The molecule has 1 aromatic rings. The summed E-state index contributed by atoms with van der Waals surface area (Å²) in [4.78, 5) is 8.45. The molecule has 108 valence electrons. The summed E-state index contributed by atoms with van der Waals surface area (Å²) in [5.41, 5.74) is 6.72. The van der Waals surface area contributed by atoms with E-state index in [1.807, 2.05) is 13.0 Å². The summed E-state index contributed by atoms with van der Waals surface area (Å²) >= 11 is 0. The van der Waals surface area contributed by atoms with Gasteiger partial charge in [0.1, 0.15) is 5.82 Å². The maximum absolute atomic E-state index is 5.72. The molecule has 5 heteroatoms. The van der Waals surface area contributed by atoms with Gasteiger partial charge in [-0.15, -0.1) is 0 Å². The lowest BCUT2D eigenvalue weighted by atomic mass is 10.1. The molecule has 3 N–H and O–H groups in total. The van der Waals surface area contributed by atoms with Crippen molar-refractivity contribution in [3.63, 3.8) is 0 Å². The zero-order chi connectivity index (χ0) is 14.1. The van der Waals surface area contributed by atoms with Gasteiger partial charge in [-0.25, -0.2) is 4.98 Å². The second kappa shape index (κ2) is 8.69. The molecule has 5 nitrogen and oxygen atoms in total. The number of nitrogens with two attached hydrogens (primary N) is 1. The molecule has 0 aliphatic rings. The maximum Gasteiger partial charge on any atom is 0.222 e. The largest absolute Gasteiger partial charge is 0.382 e. The fourth-order valence-electron chi connectivity index (χ4n) is 1.82. The van der Waals surface area contributed by atoms with Gasteiger partial charge < -0.3 is 15.8 Å². The van der Waals surface area contributed by atoms with Crippen molar-refractivity contribution in [2.75, 3.05) is 30.8 Å². The summed E-state index contributed by atoms with van der Waals surface area (Å²) in [7, 11) is 0. The Balaban J connectivity index is 2.38. The van der Waals surface area contributed by atoms with Crippen molar-refractivity contribution >= 4 is 11.8 Å². The molecule has 0 saturated heterocycles. The van der Waals surface area contributed by atoms with E-state index in [-0.39, 0.29) is 0 Å². The summed E-state index contributed by atoms with van der Waals surface area (Å²) in [6, 6.07) is 1.99. The molecule has 1 heterocycles. The minimum Gasteiger partial charge on any atom is -0.382 e. The van der Waals surface area contributed by atoms with Crippen molar-refractivity contribution in [2.45, 2.75) is 40.0 Å². The molecule has 19 heavy (non-hydrogen) atoms. The molecule has 0 unspecified atom stereocenters. The van der Waals surface area contributed by atoms with Crippen LogP contribution in [-0.4, -0.2) is 29.7 Å². The summed E-state index contributed by atoms with van der Waals surface area (Å²) in [6.07, 6.45) is 3.04. The Morgan fingerprint density at radius 3 is 2.79 bits per heavy atom. The first-order valence-electron chi connectivity index (χ1n) is 7.06. The first kappa shape index (κ1) is 15.7.